The van der Waals surface area contributed by atoms with Gasteiger partial charge in [-0.3, -0.25) is 14.9 Å². The Labute approximate surface area is 178 Å². The standard InChI is InChI=1S/C18H15Cl2F3N2O5/c1-29-5-4-24-16(26)7-10-6-12(2-3-15(10)25(27)28)30-17-13(19)8-11(9-14(17)20)18(21,22)23/h2-3,6,8-9H,4-5,7H2,1H3,(H,24,26). The second-order valence-corrected chi connectivity index (χ2v) is 6.75. The summed E-state index contributed by atoms with van der Waals surface area (Å²) in [6.07, 6.45) is -4.98. The van der Waals surface area contributed by atoms with Gasteiger partial charge >= 0.3 is 6.18 Å². The minimum Gasteiger partial charge on any atom is -0.454 e. The first kappa shape index (κ1) is 23.7. The molecule has 2 aromatic rings. The fourth-order valence-electron chi connectivity index (χ4n) is 2.41. The largest absolute Gasteiger partial charge is 0.454 e. The zero-order valence-corrected chi connectivity index (χ0v) is 16.9. The molecular formula is C18H15Cl2F3N2O5. The molecule has 1 amide bonds. The summed E-state index contributed by atoms with van der Waals surface area (Å²) in [7, 11) is 1.45. The van der Waals surface area contributed by atoms with E-state index in [1.807, 2.05) is 0 Å². The normalized spacial score (nSPS) is 11.3. The van der Waals surface area contributed by atoms with E-state index in [9.17, 15) is 28.1 Å². The molecule has 0 saturated carbocycles. The Morgan fingerprint density at radius 2 is 1.83 bits per heavy atom. The van der Waals surface area contributed by atoms with Crippen LogP contribution >= 0.6 is 23.2 Å². The summed E-state index contributed by atoms with van der Waals surface area (Å²) >= 11 is 11.7. The van der Waals surface area contributed by atoms with Crippen molar-refractivity contribution in [1.82, 2.24) is 5.32 Å². The van der Waals surface area contributed by atoms with Crippen molar-refractivity contribution < 1.29 is 32.4 Å². The molecule has 0 bridgehead atoms. The van der Waals surface area contributed by atoms with Gasteiger partial charge in [-0.25, -0.2) is 0 Å². The van der Waals surface area contributed by atoms with Gasteiger partial charge in [0.25, 0.3) is 5.69 Å². The lowest BCUT2D eigenvalue weighted by Crippen LogP contribution is -2.28. The molecule has 0 atom stereocenters. The summed E-state index contributed by atoms with van der Waals surface area (Å²) < 4.78 is 48.8. The highest BCUT2D eigenvalue weighted by Crippen LogP contribution is 2.42. The Morgan fingerprint density at radius 1 is 1.20 bits per heavy atom. The van der Waals surface area contributed by atoms with Gasteiger partial charge in [-0.1, -0.05) is 23.2 Å². The van der Waals surface area contributed by atoms with Gasteiger partial charge < -0.3 is 14.8 Å². The predicted molar refractivity (Wildman–Crippen MR) is 103 cm³/mol. The number of alkyl halides is 3. The van der Waals surface area contributed by atoms with E-state index in [1.54, 1.807) is 0 Å². The predicted octanol–water partition coefficient (Wildman–Crippen LogP) is 5.02. The van der Waals surface area contributed by atoms with Crippen LogP contribution in [0.2, 0.25) is 10.0 Å². The minimum absolute atomic E-state index is 0.00356. The highest BCUT2D eigenvalue weighted by Gasteiger charge is 2.32. The SMILES string of the molecule is COCCNC(=O)Cc1cc(Oc2c(Cl)cc(C(F)(F)F)cc2Cl)ccc1[N+](=O)[O-]. The monoisotopic (exact) mass is 466 g/mol. The van der Waals surface area contributed by atoms with E-state index in [1.165, 1.54) is 19.2 Å². The van der Waals surface area contributed by atoms with E-state index in [0.717, 1.165) is 6.07 Å². The number of halogens is 5. The van der Waals surface area contributed by atoms with Crippen LogP contribution in [0.4, 0.5) is 18.9 Å². The number of benzene rings is 2. The van der Waals surface area contributed by atoms with Crippen LogP contribution in [0.3, 0.4) is 0 Å². The van der Waals surface area contributed by atoms with E-state index in [2.05, 4.69) is 5.32 Å². The number of hydrogen-bond donors (Lipinski definition) is 1. The molecule has 0 aliphatic rings. The number of hydrogen-bond acceptors (Lipinski definition) is 5. The highest BCUT2D eigenvalue weighted by molar-refractivity contribution is 6.37. The summed E-state index contributed by atoms with van der Waals surface area (Å²) in [5.41, 5.74) is -1.35. The Bertz CT molecular complexity index is 931. The third-order valence-electron chi connectivity index (χ3n) is 3.77. The number of nitrogens with one attached hydrogen (secondary N) is 1. The Balaban J connectivity index is 2.31. The van der Waals surface area contributed by atoms with Gasteiger partial charge in [0.2, 0.25) is 5.91 Å². The molecule has 2 aromatic carbocycles. The molecular weight excluding hydrogens is 452 g/mol. The molecule has 7 nitrogen and oxygen atoms in total. The summed E-state index contributed by atoms with van der Waals surface area (Å²) in [4.78, 5) is 22.6. The second-order valence-electron chi connectivity index (χ2n) is 5.94. The van der Waals surface area contributed by atoms with Gasteiger partial charge in [-0.2, -0.15) is 13.2 Å². The first-order valence-electron chi connectivity index (χ1n) is 8.30. The zero-order chi connectivity index (χ0) is 22.5. The van der Waals surface area contributed by atoms with Crippen molar-refractivity contribution in [3.63, 3.8) is 0 Å². The minimum atomic E-state index is -4.65. The number of ether oxygens (including phenoxy) is 2. The van der Waals surface area contributed by atoms with E-state index in [-0.39, 0.29) is 42.3 Å². The number of methoxy groups -OCH3 is 1. The van der Waals surface area contributed by atoms with Crippen molar-refractivity contribution in [1.29, 1.82) is 0 Å². The molecule has 0 unspecified atom stereocenters. The van der Waals surface area contributed by atoms with Crippen LogP contribution in [0, 0.1) is 10.1 Å². The molecule has 2 rings (SSSR count). The van der Waals surface area contributed by atoms with Crippen molar-refractivity contribution >= 4 is 34.8 Å². The number of rotatable bonds is 8. The average molecular weight is 467 g/mol. The van der Waals surface area contributed by atoms with Gasteiger partial charge in [-0.15, -0.1) is 0 Å². The van der Waals surface area contributed by atoms with E-state index in [4.69, 9.17) is 32.7 Å². The molecule has 30 heavy (non-hydrogen) atoms. The zero-order valence-electron chi connectivity index (χ0n) is 15.4. The number of carbonyl (C=O) groups excluding carboxylic acids is 1. The summed E-state index contributed by atoms with van der Waals surface area (Å²) in [6.45, 7) is 0.484. The fourth-order valence-corrected chi connectivity index (χ4v) is 2.98. The molecule has 0 fully saturated rings. The number of nitro groups is 1. The molecule has 12 heteroatoms. The molecule has 162 valence electrons. The van der Waals surface area contributed by atoms with Gasteiger partial charge in [-0.05, 0) is 24.3 Å². The van der Waals surface area contributed by atoms with Gasteiger partial charge in [0.1, 0.15) is 5.75 Å². The third kappa shape index (κ3) is 6.22. The molecule has 0 saturated heterocycles. The van der Waals surface area contributed by atoms with Crippen LogP contribution in [0.5, 0.6) is 11.5 Å². The Morgan fingerprint density at radius 3 is 2.37 bits per heavy atom. The second kappa shape index (κ2) is 9.96. The van der Waals surface area contributed by atoms with Crippen LogP contribution in [-0.4, -0.2) is 31.1 Å². The smallest absolute Gasteiger partial charge is 0.416 e. The maximum Gasteiger partial charge on any atom is 0.416 e. The lowest BCUT2D eigenvalue weighted by molar-refractivity contribution is -0.385. The van der Waals surface area contributed by atoms with E-state index < -0.39 is 32.6 Å². The molecule has 0 radical (unpaired) electrons. The average Bonchev–Trinajstić information content (AvgIpc) is 2.64. The topological polar surface area (TPSA) is 90.7 Å². The highest BCUT2D eigenvalue weighted by atomic mass is 35.5. The molecule has 0 aromatic heterocycles. The number of amides is 1. The van der Waals surface area contributed by atoms with Crippen LogP contribution in [0.1, 0.15) is 11.1 Å². The quantitative estimate of drug-likeness (QED) is 0.335. The maximum atomic E-state index is 12.8. The van der Waals surface area contributed by atoms with Gasteiger partial charge in [0, 0.05) is 25.3 Å². The Hall–Kier alpha value is -2.56. The summed E-state index contributed by atoms with van der Waals surface area (Å²) in [5, 5.41) is 13.0. The van der Waals surface area contributed by atoms with Gasteiger partial charge in [0.05, 0.1) is 33.6 Å². The first-order valence-corrected chi connectivity index (χ1v) is 9.05. The van der Waals surface area contributed by atoms with Crippen LogP contribution in [0.25, 0.3) is 0 Å². The number of carbonyl (C=O) groups is 1. The Kier molecular flexibility index (Phi) is 7.88. The number of nitro benzene ring substituents is 1. The van der Waals surface area contributed by atoms with E-state index in [0.29, 0.717) is 12.1 Å². The fraction of sp³-hybridized carbons (Fsp3) is 0.278. The molecule has 0 spiro atoms. The molecule has 1 N–H and O–H groups in total. The van der Waals surface area contributed by atoms with Crippen molar-refractivity contribution in [2.24, 2.45) is 0 Å². The third-order valence-corrected chi connectivity index (χ3v) is 4.33. The summed E-state index contributed by atoms with van der Waals surface area (Å²) in [6, 6.07) is 4.85. The maximum absolute atomic E-state index is 12.8. The van der Waals surface area contributed by atoms with Crippen molar-refractivity contribution in [3.05, 3.63) is 61.6 Å². The molecule has 0 aliphatic carbocycles. The molecule has 0 heterocycles. The number of nitrogens with zero attached hydrogens (tertiary/aromatic N) is 1. The van der Waals surface area contributed by atoms with Crippen LogP contribution in [0.15, 0.2) is 30.3 Å². The molecule has 0 aliphatic heterocycles. The van der Waals surface area contributed by atoms with Crippen molar-refractivity contribution in [3.8, 4) is 11.5 Å². The van der Waals surface area contributed by atoms with Gasteiger partial charge in [0.15, 0.2) is 5.75 Å². The van der Waals surface area contributed by atoms with Crippen LogP contribution in [-0.2, 0) is 22.1 Å². The lowest BCUT2D eigenvalue weighted by Gasteiger charge is -2.14. The van der Waals surface area contributed by atoms with Crippen LogP contribution < -0.4 is 10.1 Å². The summed E-state index contributed by atoms with van der Waals surface area (Å²) in [5.74, 6) is -0.738. The van der Waals surface area contributed by atoms with Crippen molar-refractivity contribution in [2.45, 2.75) is 12.6 Å². The lowest BCUT2D eigenvalue weighted by atomic mass is 10.1. The van der Waals surface area contributed by atoms with E-state index >= 15 is 0 Å². The first-order chi connectivity index (χ1) is 14.0. The van der Waals surface area contributed by atoms with Crippen molar-refractivity contribution in [2.75, 3.05) is 20.3 Å².